The van der Waals surface area contributed by atoms with E-state index in [1.54, 1.807) is 13.0 Å². The van der Waals surface area contributed by atoms with Crippen LogP contribution < -0.4 is 5.32 Å². The van der Waals surface area contributed by atoms with Gasteiger partial charge in [0.05, 0.1) is 15.6 Å². The third-order valence-corrected chi connectivity index (χ3v) is 4.88. The van der Waals surface area contributed by atoms with Crippen molar-refractivity contribution in [2.45, 2.75) is 33.2 Å². The van der Waals surface area contributed by atoms with Crippen LogP contribution in [-0.2, 0) is 0 Å². The Morgan fingerprint density at radius 2 is 1.83 bits per heavy atom. The first-order chi connectivity index (χ1) is 11.2. The number of ketones is 1. The summed E-state index contributed by atoms with van der Waals surface area (Å²) in [6.07, 6.45) is 2.16. The minimum atomic E-state index is -0.153. The van der Waals surface area contributed by atoms with Gasteiger partial charge in [-0.1, -0.05) is 47.5 Å². The number of Topliss-reactive ketones (excluding diaryl/α,β-unsaturated/α-hetero) is 1. The summed E-state index contributed by atoms with van der Waals surface area (Å²) in [7, 11) is 0. The molecule has 2 aromatic carbocycles. The molecule has 0 bridgehead atoms. The zero-order chi connectivity index (χ0) is 17.6. The van der Waals surface area contributed by atoms with Crippen LogP contribution in [-0.4, -0.2) is 11.3 Å². The van der Waals surface area contributed by atoms with E-state index in [2.05, 4.69) is 32.2 Å². The van der Waals surface area contributed by atoms with Crippen molar-refractivity contribution in [3.8, 4) is 11.1 Å². The molecule has 2 aromatic rings. The molecule has 0 fully saturated rings. The van der Waals surface area contributed by atoms with Crippen LogP contribution in [0, 0.1) is 0 Å². The molecule has 0 aliphatic carbocycles. The van der Waals surface area contributed by atoms with Gasteiger partial charge in [0.25, 0.3) is 0 Å². The summed E-state index contributed by atoms with van der Waals surface area (Å²) < 4.78 is 0. The molecule has 0 saturated carbocycles. The van der Waals surface area contributed by atoms with Crippen molar-refractivity contribution < 1.29 is 4.79 Å². The van der Waals surface area contributed by atoms with E-state index in [1.807, 2.05) is 24.3 Å². The lowest BCUT2D eigenvalue weighted by Crippen LogP contribution is -2.31. The average molecular weight is 360 g/mol. The van der Waals surface area contributed by atoms with Crippen LogP contribution in [0.25, 0.3) is 16.7 Å². The topological polar surface area (TPSA) is 29.1 Å². The second-order valence-electron chi connectivity index (χ2n) is 6.78. The highest BCUT2D eigenvalue weighted by Crippen LogP contribution is 2.46. The normalized spacial score (nSPS) is 15.3. The number of carbonyl (C=O) groups is 1. The number of hydrogen-bond acceptors (Lipinski definition) is 2. The van der Waals surface area contributed by atoms with Gasteiger partial charge in [0.15, 0.2) is 5.78 Å². The van der Waals surface area contributed by atoms with Gasteiger partial charge >= 0.3 is 0 Å². The number of benzene rings is 2. The first kappa shape index (κ1) is 17.1. The number of fused-ring (bicyclic) bond motifs is 1. The van der Waals surface area contributed by atoms with Gasteiger partial charge in [-0.3, -0.25) is 4.79 Å². The van der Waals surface area contributed by atoms with Crippen LogP contribution in [0.2, 0.25) is 10.0 Å². The molecule has 1 aliphatic heterocycles. The Hall–Kier alpha value is -1.77. The highest BCUT2D eigenvalue weighted by atomic mass is 35.5. The van der Waals surface area contributed by atoms with Crippen LogP contribution in [0.4, 0.5) is 5.69 Å². The zero-order valence-electron chi connectivity index (χ0n) is 14.1. The molecule has 24 heavy (non-hydrogen) atoms. The Kier molecular flexibility index (Phi) is 4.23. The van der Waals surface area contributed by atoms with E-state index in [0.29, 0.717) is 15.6 Å². The Morgan fingerprint density at radius 3 is 2.50 bits per heavy atom. The fourth-order valence-electron chi connectivity index (χ4n) is 3.26. The van der Waals surface area contributed by atoms with Gasteiger partial charge in [-0.2, -0.15) is 0 Å². The largest absolute Gasteiger partial charge is 0.376 e. The maximum atomic E-state index is 11.7. The third kappa shape index (κ3) is 2.97. The molecule has 3 rings (SSSR count). The van der Waals surface area contributed by atoms with Crippen molar-refractivity contribution in [3.63, 3.8) is 0 Å². The summed E-state index contributed by atoms with van der Waals surface area (Å²) in [4.78, 5) is 11.7. The van der Waals surface area contributed by atoms with Gasteiger partial charge in [-0.25, -0.2) is 0 Å². The number of halogens is 2. The Labute approximate surface area is 152 Å². The van der Waals surface area contributed by atoms with E-state index in [1.165, 1.54) is 0 Å². The summed E-state index contributed by atoms with van der Waals surface area (Å²) in [6.45, 7) is 7.81. The van der Waals surface area contributed by atoms with Crippen LogP contribution in [0.1, 0.15) is 43.6 Å². The lowest BCUT2D eigenvalue weighted by molar-refractivity contribution is 0.101. The fraction of sp³-hybridized carbons (Fsp3) is 0.250. The zero-order valence-corrected chi connectivity index (χ0v) is 15.6. The second-order valence-corrected chi connectivity index (χ2v) is 7.57. The van der Waals surface area contributed by atoms with Crippen LogP contribution in [0.5, 0.6) is 0 Å². The maximum absolute atomic E-state index is 11.7. The molecule has 0 spiro atoms. The molecule has 1 heterocycles. The lowest BCUT2D eigenvalue weighted by Gasteiger charge is -2.32. The molecule has 1 aliphatic rings. The summed E-state index contributed by atoms with van der Waals surface area (Å²) >= 11 is 13.3. The van der Waals surface area contributed by atoms with Crippen LogP contribution in [0.3, 0.4) is 0 Å². The molecule has 0 aromatic heterocycles. The maximum Gasteiger partial charge on any atom is 0.159 e. The Morgan fingerprint density at radius 1 is 1.12 bits per heavy atom. The molecular formula is C20H19Cl2NO. The van der Waals surface area contributed by atoms with Crippen LogP contribution >= 0.6 is 23.2 Å². The first-order valence-electron chi connectivity index (χ1n) is 7.81. The van der Waals surface area contributed by atoms with Crippen molar-refractivity contribution in [2.24, 2.45) is 0 Å². The minimum absolute atomic E-state index is 0.0153. The van der Waals surface area contributed by atoms with Crippen LogP contribution in [0.15, 0.2) is 36.4 Å². The van der Waals surface area contributed by atoms with Gasteiger partial charge in [-0.05, 0) is 51.0 Å². The van der Waals surface area contributed by atoms with Gasteiger partial charge < -0.3 is 5.32 Å². The van der Waals surface area contributed by atoms with Gasteiger partial charge in [0.2, 0.25) is 0 Å². The Bertz CT molecular complexity index is 881. The molecular weight excluding hydrogens is 341 g/mol. The van der Waals surface area contributed by atoms with E-state index >= 15 is 0 Å². The number of carbonyl (C=O) groups excluding carboxylic acids is 1. The van der Waals surface area contributed by atoms with Crippen molar-refractivity contribution in [3.05, 3.63) is 57.6 Å². The van der Waals surface area contributed by atoms with E-state index < -0.39 is 0 Å². The van der Waals surface area contributed by atoms with Crippen molar-refractivity contribution in [1.82, 2.24) is 0 Å². The number of rotatable bonds is 2. The Balaban J connectivity index is 2.24. The highest BCUT2D eigenvalue weighted by molar-refractivity contribution is 6.41. The summed E-state index contributed by atoms with van der Waals surface area (Å²) in [5.74, 6) is 0.0153. The summed E-state index contributed by atoms with van der Waals surface area (Å²) in [5.41, 5.74) is 5.10. The number of allylic oxidation sites excluding steroid dienone is 1. The van der Waals surface area contributed by atoms with E-state index in [0.717, 1.165) is 28.0 Å². The molecule has 4 heteroatoms. The fourth-order valence-corrected chi connectivity index (χ4v) is 4.08. The summed E-state index contributed by atoms with van der Waals surface area (Å²) in [5, 5.41) is 4.63. The van der Waals surface area contributed by atoms with Crippen molar-refractivity contribution in [2.75, 3.05) is 5.32 Å². The molecule has 1 N–H and O–H groups in total. The van der Waals surface area contributed by atoms with Gasteiger partial charge in [0.1, 0.15) is 0 Å². The first-order valence-corrected chi connectivity index (χ1v) is 8.56. The average Bonchev–Trinajstić information content (AvgIpc) is 2.45. The number of anilines is 1. The molecule has 0 saturated heterocycles. The van der Waals surface area contributed by atoms with Crippen molar-refractivity contribution in [1.29, 1.82) is 0 Å². The molecule has 0 radical (unpaired) electrons. The standard InChI is InChI=1S/C20H19Cl2NO/c1-11-10-20(3,4)23-16-9-15(21)18(19(22)17(11)16)14-7-5-6-13(8-14)12(2)24/h5-10,23H,1-4H3. The quantitative estimate of drug-likeness (QED) is 0.622. The predicted octanol–water partition coefficient (Wildman–Crippen LogP) is 6.47. The molecule has 2 nitrogen and oxygen atoms in total. The lowest BCUT2D eigenvalue weighted by atomic mass is 9.89. The van der Waals surface area contributed by atoms with Crippen molar-refractivity contribution >= 4 is 40.2 Å². The molecule has 0 amide bonds. The number of nitrogens with one attached hydrogen (secondary N) is 1. The molecule has 0 atom stereocenters. The number of hydrogen-bond donors (Lipinski definition) is 1. The molecule has 124 valence electrons. The third-order valence-electron chi connectivity index (χ3n) is 4.20. The van der Waals surface area contributed by atoms with E-state index in [4.69, 9.17) is 23.2 Å². The SMILES string of the molecule is CC(=O)c1cccc(-c2c(Cl)cc3c(c2Cl)C(C)=CC(C)(C)N3)c1. The molecule has 0 unspecified atom stereocenters. The van der Waals surface area contributed by atoms with E-state index in [9.17, 15) is 4.79 Å². The second kappa shape index (κ2) is 5.94. The van der Waals surface area contributed by atoms with E-state index in [-0.39, 0.29) is 11.3 Å². The summed E-state index contributed by atoms with van der Waals surface area (Å²) in [6, 6.07) is 9.31. The predicted molar refractivity (Wildman–Crippen MR) is 103 cm³/mol. The minimum Gasteiger partial charge on any atom is -0.376 e. The van der Waals surface area contributed by atoms with Gasteiger partial charge in [-0.15, -0.1) is 0 Å². The monoisotopic (exact) mass is 359 g/mol. The smallest absolute Gasteiger partial charge is 0.159 e. The van der Waals surface area contributed by atoms with Gasteiger partial charge in [0, 0.05) is 22.4 Å². The highest BCUT2D eigenvalue weighted by Gasteiger charge is 2.27.